The molecule has 1 heterocycles. The molecule has 0 aromatic carbocycles. The van der Waals surface area contributed by atoms with E-state index in [2.05, 4.69) is 50.7 Å². The highest BCUT2D eigenvalue weighted by Crippen LogP contribution is 2.23. The second-order valence-corrected chi connectivity index (χ2v) is 4.89. The second-order valence-electron chi connectivity index (χ2n) is 4.89. The van der Waals surface area contributed by atoms with Crippen LogP contribution in [0.25, 0.3) is 0 Å². The Bertz CT molecular complexity index is 299. The average Bonchev–Trinajstić information content (AvgIpc) is 2.15. The van der Waals surface area contributed by atoms with Crippen molar-refractivity contribution in [1.29, 1.82) is 0 Å². The summed E-state index contributed by atoms with van der Waals surface area (Å²) in [6.07, 6.45) is 2.81. The van der Waals surface area contributed by atoms with Crippen molar-refractivity contribution >= 4 is 0 Å². The molecule has 1 rings (SSSR count). The number of hydrogen-bond acceptors (Lipinski definition) is 2. The summed E-state index contributed by atoms with van der Waals surface area (Å²) in [5.41, 5.74) is 2.40. The van der Waals surface area contributed by atoms with Crippen molar-refractivity contribution in [3.8, 4) is 0 Å². The zero-order valence-corrected chi connectivity index (χ0v) is 9.83. The number of nitrogens with zero attached hydrogens (tertiary/aromatic N) is 2. The van der Waals surface area contributed by atoms with Crippen LogP contribution in [0, 0.1) is 0 Å². The molecule has 0 bridgehead atoms. The third-order valence-corrected chi connectivity index (χ3v) is 2.57. The van der Waals surface area contributed by atoms with Crippen molar-refractivity contribution in [2.75, 3.05) is 0 Å². The molecule has 0 aliphatic carbocycles. The predicted octanol–water partition coefficient (Wildman–Crippen LogP) is 3.29. The first kappa shape index (κ1) is 11.2. The fraction of sp³-hybridized carbons (Fsp3) is 0.667. The molecule has 0 fully saturated rings. The van der Waals surface area contributed by atoms with Crippen molar-refractivity contribution in [2.24, 2.45) is 0 Å². The maximum Gasteiger partial charge on any atom is 0.115 e. The first-order chi connectivity index (χ1) is 6.45. The molecule has 0 amide bonds. The van der Waals surface area contributed by atoms with E-state index in [0.29, 0.717) is 5.92 Å². The minimum absolute atomic E-state index is 0.116. The zero-order chi connectivity index (χ0) is 10.8. The van der Waals surface area contributed by atoms with Crippen molar-refractivity contribution in [2.45, 2.75) is 52.4 Å². The molecule has 1 aromatic rings. The van der Waals surface area contributed by atoms with Crippen LogP contribution < -0.4 is 0 Å². The van der Waals surface area contributed by atoms with E-state index in [1.54, 1.807) is 6.33 Å². The van der Waals surface area contributed by atoms with E-state index in [9.17, 15) is 0 Å². The standard InChI is InChI=1S/C12H20N2/c1-6-9(2)10-7-11(12(3,4)5)14-8-13-10/h7-9H,6H2,1-5H3. The van der Waals surface area contributed by atoms with Gasteiger partial charge in [0, 0.05) is 16.8 Å². The van der Waals surface area contributed by atoms with Gasteiger partial charge in [0.2, 0.25) is 0 Å². The number of hydrogen-bond donors (Lipinski definition) is 0. The molecular formula is C12H20N2. The Hall–Kier alpha value is -0.920. The molecule has 1 aromatic heterocycles. The summed E-state index contributed by atoms with van der Waals surface area (Å²) in [5, 5.41) is 0. The summed E-state index contributed by atoms with van der Waals surface area (Å²) in [5.74, 6) is 0.527. The minimum Gasteiger partial charge on any atom is -0.241 e. The lowest BCUT2D eigenvalue weighted by molar-refractivity contribution is 0.561. The van der Waals surface area contributed by atoms with Crippen LogP contribution >= 0.6 is 0 Å². The molecule has 0 aliphatic heterocycles. The van der Waals surface area contributed by atoms with Crippen molar-refractivity contribution < 1.29 is 0 Å². The highest BCUT2D eigenvalue weighted by Gasteiger charge is 2.16. The Morgan fingerprint density at radius 2 is 1.93 bits per heavy atom. The Morgan fingerprint density at radius 3 is 2.43 bits per heavy atom. The molecule has 0 aliphatic rings. The summed E-state index contributed by atoms with van der Waals surface area (Å²) >= 11 is 0. The molecule has 14 heavy (non-hydrogen) atoms. The Morgan fingerprint density at radius 1 is 1.29 bits per heavy atom. The van der Waals surface area contributed by atoms with Crippen molar-refractivity contribution in [3.05, 3.63) is 23.8 Å². The molecule has 78 valence electrons. The Labute approximate surface area is 86.8 Å². The molecule has 1 atom stereocenters. The van der Waals surface area contributed by atoms with Gasteiger partial charge in [-0.1, -0.05) is 34.6 Å². The van der Waals surface area contributed by atoms with E-state index in [1.165, 1.54) is 0 Å². The minimum atomic E-state index is 0.116. The van der Waals surface area contributed by atoms with E-state index in [1.807, 2.05) is 0 Å². The van der Waals surface area contributed by atoms with Crippen LogP contribution in [-0.4, -0.2) is 9.97 Å². The molecule has 0 saturated heterocycles. The molecule has 0 saturated carbocycles. The monoisotopic (exact) mass is 192 g/mol. The van der Waals surface area contributed by atoms with Crippen LogP contribution in [0.2, 0.25) is 0 Å². The molecule has 0 N–H and O–H groups in total. The SMILES string of the molecule is CCC(C)c1cc(C(C)(C)C)ncn1. The van der Waals surface area contributed by atoms with Gasteiger partial charge in [0.15, 0.2) is 0 Å². The van der Waals surface area contributed by atoms with Gasteiger partial charge in [0.25, 0.3) is 0 Å². The molecule has 2 heteroatoms. The van der Waals surface area contributed by atoms with Gasteiger partial charge in [-0.25, -0.2) is 9.97 Å². The van der Waals surface area contributed by atoms with Crippen LogP contribution in [0.5, 0.6) is 0 Å². The number of aromatic nitrogens is 2. The maximum absolute atomic E-state index is 4.32. The summed E-state index contributed by atoms with van der Waals surface area (Å²) < 4.78 is 0. The summed E-state index contributed by atoms with van der Waals surface area (Å²) in [6, 6.07) is 2.13. The zero-order valence-electron chi connectivity index (χ0n) is 9.83. The largest absolute Gasteiger partial charge is 0.241 e. The van der Waals surface area contributed by atoms with Crippen molar-refractivity contribution in [1.82, 2.24) is 9.97 Å². The van der Waals surface area contributed by atoms with Crippen LogP contribution in [0.3, 0.4) is 0 Å². The highest BCUT2D eigenvalue weighted by molar-refractivity contribution is 5.17. The molecular weight excluding hydrogens is 172 g/mol. The Balaban J connectivity index is 3.01. The lowest BCUT2D eigenvalue weighted by Crippen LogP contribution is -2.14. The van der Waals surface area contributed by atoms with Gasteiger partial charge < -0.3 is 0 Å². The fourth-order valence-electron chi connectivity index (χ4n) is 1.26. The average molecular weight is 192 g/mol. The van der Waals surface area contributed by atoms with E-state index >= 15 is 0 Å². The first-order valence-electron chi connectivity index (χ1n) is 5.27. The van der Waals surface area contributed by atoms with Crippen LogP contribution in [0.4, 0.5) is 0 Å². The van der Waals surface area contributed by atoms with Crippen LogP contribution in [-0.2, 0) is 5.41 Å². The summed E-state index contributed by atoms with van der Waals surface area (Å²) in [6.45, 7) is 10.9. The lowest BCUT2D eigenvalue weighted by atomic mass is 9.90. The quantitative estimate of drug-likeness (QED) is 0.718. The van der Waals surface area contributed by atoms with Gasteiger partial charge in [-0.3, -0.25) is 0 Å². The molecule has 0 spiro atoms. The third kappa shape index (κ3) is 2.53. The highest BCUT2D eigenvalue weighted by atomic mass is 14.8. The smallest absolute Gasteiger partial charge is 0.115 e. The van der Waals surface area contributed by atoms with Gasteiger partial charge in [-0.05, 0) is 18.4 Å². The lowest BCUT2D eigenvalue weighted by Gasteiger charge is -2.18. The normalized spacial score (nSPS) is 14.1. The van der Waals surface area contributed by atoms with Gasteiger partial charge >= 0.3 is 0 Å². The molecule has 2 nitrogen and oxygen atoms in total. The summed E-state index contributed by atoms with van der Waals surface area (Å²) in [4.78, 5) is 8.63. The van der Waals surface area contributed by atoms with Gasteiger partial charge in [0.1, 0.15) is 6.33 Å². The fourth-order valence-corrected chi connectivity index (χ4v) is 1.26. The van der Waals surface area contributed by atoms with Crippen LogP contribution in [0.15, 0.2) is 12.4 Å². The van der Waals surface area contributed by atoms with Crippen LogP contribution in [0.1, 0.15) is 58.3 Å². The Kier molecular flexibility index (Phi) is 3.25. The van der Waals surface area contributed by atoms with E-state index < -0.39 is 0 Å². The number of rotatable bonds is 2. The van der Waals surface area contributed by atoms with E-state index in [0.717, 1.165) is 17.8 Å². The second kappa shape index (κ2) is 4.07. The molecule has 0 radical (unpaired) electrons. The third-order valence-electron chi connectivity index (χ3n) is 2.57. The molecule has 1 unspecified atom stereocenters. The predicted molar refractivity (Wildman–Crippen MR) is 59.4 cm³/mol. The topological polar surface area (TPSA) is 25.8 Å². The van der Waals surface area contributed by atoms with Gasteiger partial charge in [-0.2, -0.15) is 0 Å². The van der Waals surface area contributed by atoms with Gasteiger partial charge in [-0.15, -0.1) is 0 Å². The van der Waals surface area contributed by atoms with E-state index in [4.69, 9.17) is 0 Å². The van der Waals surface area contributed by atoms with Gasteiger partial charge in [0.05, 0.1) is 0 Å². The van der Waals surface area contributed by atoms with Crippen molar-refractivity contribution in [3.63, 3.8) is 0 Å². The first-order valence-corrected chi connectivity index (χ1v) is 5.27. The summed E-state index contributed by atoms with van der Waals surface area (Å²) in [7, 11) is 0. The maximum atomic E-state index is 4.32. The van der Waals surface area contributed by atoms with E-state index in [-0.39, 0.29) is 5.41 Å².